The summed E-state index contributed by atoms with van der Waals surface area (Å²) in [5.74, 6) is -0.197. The Kier molecular flexibility index (Phi) is 4.19. The van der Waals surface area contributed by atoms with Gasteiger partial charge in [-0.25, -0.2) is 0 Å². The number of benzene rings is 1. The fourth-order valence-electron chi connectivity index (χ4n) is 1.77. The van der Waals surface area contributed by atoms with E-state index in [9.17, 15) is 4.79 Å². The van der Waals surface area contributed by atoms with Gasteiger partial charge in [0.15, 0.2) is 0 Å². The third kappa shape index (κ3) is 2.94. The maximum Gasteiger partial charge on any atom is 0.257 e. The number of halogens is 1. The quantitative estimate of drug-likeness (QED) is 0.896. The van der Waals surface area contributed by atoms with Gasteiger partial charge in [-0.1, -0.05) is 23.7 Å². The SMILES string of the molecule is CN(CCO)C(=O)c1cn[nH]c1-c1cccc(Cl)c1. The molecule has 100 valence electrons. The third-order valence-corrected chi connectivity index (χ3v) is 3.00. The van der Waals surface area contributed by atoms with E-state index >= 15 is 0 Å². The van der Waals surface area contributed by atoms with Gasteiger partial charge < -0.3 is 10.0 Å². The Morgan fingerprint density at radius 1 is 1.53 bits per heavy atom. The highest BCUT2D eigenvalue weighted by Gasteiger charge is 2.18. The first-order chi connectivity index (χ1) is 9.13. The van der Waals surface area contributed by atoms with Gasteiger partial charge in [-0.15, -0.1) is 0 Å². The largest absolute Gasteiger partial charge is 0.395 e. The molecule has 0 bridgehead atoms. The molecule has 2 rings (SSSR count). The number of aromatic amines is 1. The van der Waals surface area contributed by atoms with Gasteiger partial charge in [-0.3, -0.25) is 9.89 Å². The van der Waals surface area contributed by atoms with Crippen molar-refractivity contribution in [2.45, 2.75) is 0 Å². The summed E-state index contributed by atoms with van der Waals surface area (Å²) in [7, 11) is 1.63. The van der Waals surface area contributed by atoms with Crippen molar-refractivity contribution < 1.29 is 9.90 Å². The van der Waals surface area contributed by atoms with Crippen LogP contribution in [0, 0.1) is 0 Å². The van der Waals surface area contributed by atoms with Gasteiger partial charge in [0.1, 0.15) is 0 Å². The van der Waals surface area contributed by atoms with Crippen LogP contribution in [0.4, 0.5) is 0 Å². The Morgan fingerprint density at radius 2 is 2.32 bits per heavy atom. The molecule has 6 heteroatoms. The fraction of sp³-hybridized carbons (Fsp3) is 0.231. The van der Waals surface area contributed by atoms with Crippen LogP contribution in [0.15, 0.2) is 30.5 Å². The molecule has 2 N–H and O–H groups in total. The molecule has 0 aliphatic heterocycles. The number of nitrogens with zero attached hydrogens (tertiary/aromatic N) is 2. The molecule has 1 aromatic heterocycles. The molecule has 2 aromatic rings. The average Bonchev–Trinajstić information content (AvgIpc) is 2.87. The standard InChI is InChI=1S/C13H14ClN3O2/c1-17(5-6-18)13(19)11-8-15-16-12(11)9-3-2-4-10(14)7-9/h2-4,7-8,18H,5-6H2,1H3,(H,15,16). The van der Waals surface area contributed by atoms with Crippen molar-refractivity contribution in [2.75, 3.05) is 20.2 Å². The van der Waals surface area contributed by atoms with Gasteiger partial charge in [-0.05, 0) is 12.1 Å². The van der Waals surface area contributed by atoms with Crippen LogP contribution in [0.2, 0.25) is 5.02 Å². The monoisotopic (exact) mass is 279 g/mol. The van der Waals surface area contributed by atoms with E-state index in [2.05, 4.69) is 10.2 Å². The summed E-state index contributed by atoms with van der Waals surface area (Å²) in [6.07, 6.45) is 1.48. The summed E-state index contributed by atoms with van der Waals surface area (Å²) in [5.41, 5.74) is 1.88. The Balaban J connectivity index is 2.35. The first-order valence-corrected chi connectivity index (χ1v) is 6.17. The topological polar surface area (TPSA) is 69.2 Å². The summed E-state index contributed by atoms with van der Waals surface area (Å²) in [6.45, 7) is 0.200. The van der Waals surface area contributed by atoms with E-state index < -0.39 is 0 Å². The van der Waals surface area contributed by atoms with Crippen molar-refractivity contribution >= 4 is 17.5 Å². The maximum atomic E-state index is 12.2. The minimum absolute atomic E-state index is 0.0768. The number of hydrogen-bond donors (Lipinski definition) is 2. The van der Waals surface area contributed by atoms with E-state index in [0.29, 0.717) is 16.3 Å². The van der Waals surface area contributed by atoms with E-state index in [-0.39, 0.29) is 19.1 Å². The molecule has 5 nitrogen and oxygen atoms in total. The summed E-state index contributed by atoms with van der Waals surface area (Å²) in [5, 5.41) is 16.2. The van der Waals surface area contributed by atoms with Crippen molar-refractivity contribution in [1.82, 2.24) is 15.1 Å². The van der Waals surface area contributed by atoms with Crippen LogP contribution in [0.1, 0.15) is 10.4 Å². The smallest absolute Gasteiger partial charge is 0.257 e. The summed E-state index contributed by atoms with van der Waals surface area (Å²) < 4.78 is 0. The highest BCUT2D eigenvalue weighted by molar-refractivity contribution is 6.30. The minimum Gasteiger partial charge on any atom is -0.395 e. The number of likely N-dealkylation sites (N-methyl/N-ethyl adjacent to an activating group) is 1. The molecule has 1 aromatic carbocycles. The van der Waals surface area contributed by atoms with Crippen LogP contribution in [0.5, 0.6) is 0 Å². The number of nitrogens with one attached hydrogen (secondary N) is 1. The minimum atomic E-state index is -0.197. The number of carbonyl (C=O) groups excluding carboxylic acids is 1. The number of H-pyrrole nitrogens is 1. The van der Waals surface area contributed by atoms with Crippen molar-refractivity contribution in [1.29, 1.82) is 0 Å². The first-order valence-electron chi connectivity index (χ1n) is 5.79. The number of carbonyl (C=O) groups is 1. The zero-order valence-electron chi connectivity index (χ0n) is 10.4. The Hall–Kier alpha value is -1.85. The second kappa shape index (κ2) is 5.86. The average molecular weight is 280 g/mol. The molecule has 0 spiro atoms. The lowest BCUT2D eigenvalue weighted by molar-refractivity contribution is 0.0768. The van der Waals surface area contributed by atoms with Gasteiger partial charge >= 0.3 is 0 Å². The molecule has 0 aliphatic carbocycles. The van der Waals surface area contributed by atoms with E-state index in [1.807, 2.05) is 12.1 Å². The first kappa shape index (κ1) is 13.6. The number of hydrogen-bond acceptors (Lipinski definition) is 3. The Bertz CT molecular complexity index is 583. The highest BCUT2D eigenvalue weighted by atomic mass is 35.5. The lowest BCUT2D eigenvalue weighted by Crippen LogP contribution is -2.29. The van der Waals surface area contributed by atoms with E-state index in [1.165, 1.54) is 11.1 Å². The van der Waals surface area contributed by atoms with Crippen LogP contribution in [0.3, 0.4) is 0 Å². The van der Waals surface area contributed by atoms with E-state index in [0.717, 1.165) is 5.56 Å². The normalized spacial score (nSPS) is 10.5. The van der Waals surface area contributed by atoms with Crippen LogP contribution in [-0.2, 0) is 0 Å². The number of rotatable bonds is 4. The molecule has 0 unspecified atom stereocenters. The summed E-state index contributed by atoms with van der Waals surface area (Å²) in [6, 6.07) is 7.19. The lowest BCUT2D eigenvalue weighted by atomic mass is 10.1. The number of aliphatic hydroxyl groups is 1. The van der Waals surface area contributed by atoms with E-state index in [4.69, 9.17) is 16.7 Å². The molecule has 0 aliphatic rings. The van der Waals surface area contributed by atoms with Gasteiger partial charge in [0.25, 0.3) is 5.91 Å². The fourth-order valence-corrected chi connectivity index (χ4v) is 1.96. The molecule has 0 fully saturated rings. The molecular formula is C13H14ClN3O2. The third-order valence-electron chi connectivity index (χ3n) is 2.77. The lowest BCUT2D eigenvalue weighted by Gasteiger charge is -2.15. The predicted molar refractivity (Wildman–Crippen MR) is 73.1 cm³/mol. The van der Waals surface area contributed by atoms with Crippen LogP contribution >= 0.6 is 11.6 Å². The zero-order chi connectivity index (χ0) is 13.8. The molecule has 0 saturated heterocycles. The molecule has 0 saturated carbocycles. The Morgan fingerprint density at radius 3 is 3.00 bits per heavy atom. The Labute approximate surface area is 115 Å². The predicted octanol–water partition coefficient (Wildman–Crippen LogP) is 1.79. The van der Waals surface area contributed by atoms with E-state index in [1.54, 1.807) is 19.2 Å². The van der Waals surface area contributed by atoms with Crippen molar-refractivity contribution in [3.63, 3.8) is 0 Å². The van der Waals surface area contributed by atoms with Crippen molar-refractivity contribution in [3.05, 3.63) is 41.0 Å². The second-order valence-corrected chi connectivity index (χ2v) is 4.56. The molecule has 0 radical (unpaired) electrons. The van der Waals surface area contributed by atoms with Crippen molar-refractivity contribution in [2.24, 2.45) is 0 Å². The highest BCUT2D eigenvalue weighted by Crippen LogP contribution is 2.24. The number of aromatic nitrogens is 2. The number of amides is 1. The molecule has 1 heterocycles. The van der Waals surface area contributed by atoms with Crippen LogP contribution in [0.25, 0.3) is 11.3 Å². The van der Waals surface area contributed by atoms with Gasteiger partial charge in [0.05, 0.1) is 24.1 Å². The molecule has 1 amide bonds. The van der Waals surface area contributed by atoms with Gasteiger partial charge in [0.2, 0.25) is 0 Å². The summed E-state index contributed by atoms with van der Waals surface area (Å²) in [4.78, 5) is 13.6. The van der Waals surface area contributed by atoms with Crippen LogP contribution < -0.4 is 0 Å². The van der Waals surface area contributed by atoms with Crippen molar-refractivity contribution in [3.8, 4) is 11.3 Å². The summed E-state index contributed by atoms with van der Waals surface area (Å²) >= 11 is 5.94. The zero-order valence-corrected chi connectivity index (χ0v) is 11.2. The maximum absolute atomic E-state index is 12.2. The van der Waals surface area contributed by atoms with Gasteiger partial charge in [0, 0.05) is 24.2 Å². The second-order valence-electron chi connectivity index (χ2n) is 4.12. The molecule has 19 heavy (non-hydrogen) atoms. The van der Waals surface area contributed by atoms with Crippen LogP contribution in [-0.4, -0.2) is 46.3 Å². The number of aliphatic hydroxyl groups excluding tert-OH is 1. The van der Waals surface area contributed by atoms with Gasteiger partial charge in [-0.2, -0.15) is 5.10 Å². The molecular weight excluding hydrogens is 266 g/mol. The molecule has 0 atom stereocenters.